The molecule has 1 heterocycles. The van der Waals surface area contributed by atoms with Crippen LogP contribution >= 0.6 is 0 Å². The third-order valence-corrected chi connectivity index (χ3v) is 24.2. The first-order chi connectivity index (χ1) is 11.1. The van der Waals surface area contributed by atoms with E-state index in [1.54, 1.807) is 0 Å². The van der Waals surface area contributed by atoms with E-state index < -0.39 is 24.2 Å². The first-order valence-corrected chi connectivity index (χ1v) is 19.2. The number of rotatable bonds is 3. The Morgan fingerprint density at radius 2 is 0.923 bits per heavy atom. The van der Waals surface area contributed by atoms with Gasteiger partial charge in [-0.25, -0.2) is 4.98 Å². The molecule has 5 heteroatoms. The van der Waals surface area contributed by atoms with Gasteiger partial charge in [-0.2, -0.15) is 0 Å². The van der Waals surface area contributed by atoms with Crippen LogP contribution in [0.5, 0.6) is 0 Å². The molecule has 0 spiro atoms. The standard InChI is InChI=1S/C21H46N2Si3/c1-19(2,3)24(10,11)16-17(25(12,13)20(4,5)6)23-18(22-16)26(14,15)21(7,8)9/h1-15H3,(H,22,23). The van der Waals surface area contributed by atoms with E-state index >= 15 is 0 Å². The minimum Gasteiger partial charge on any atom is -0.354 e. The number of hydrogen-bond acceptors (Lipinski definition) is 1. The molecule has 26 heavy (non-hydrogen) atoms. The SMILES string of the molecule is CC(C)(C)[Si](C)(C)c1nc([Si](C)(C)C(C)(C)C)c([Si](C)(C)C(C)(C)C)[nH]1. The van der Waals surface area contributed by atoms with E-state index in [-0.39, 0.29) is 0 Å². The molecule has 1 aromatic heterocycles. The van der Waals surface area contributed by atoms with E-state index in [0.717, 1.165) is 0 Å². The van der Waals surface area contributed by atoms with Crippen molar-refractivity contribution in [3.63, 3.8) is 0 Å². The summed E-state index contributed by atoms with van der Waals surface area (Å²) in [4.78, 5) is 9.47. The van der Waals surface area contributed by atoms with Crippen molar-refractivity contribution in [2.24, 2.45) is 0 Å². The minimum absolute atomic E-state index is 0.292. The fourth-order valence-corrected chi connectivity index (χ4v) is 9.93. The van der Waals surface area contributed by atoms with E-state index in [1.165, 1.54) is 16.1 Å². The number of aromatic amines is 1. The quantitative estimate of drug-likeness (QED) is 0.649. The summed E-state index contributed by atoms with van der Waals surface area (Å²) in [7, 11) is -5.10. The molecule has 0 aromatic carbocycles. The maximum Gasteiger partial charge on any atom is 0.131 e. The molecule has 152 valence electrons. The lowest BCUT2D eigenvalue weighted by molar-refractivity contribution is 0.725. The van der Waals surface area contributed by atoms with Crippen molar-refractivity contribution >= 4 is 40.3 Å². The van der Waals surface area contributed by atoms with Crippen LogP contribution in [0.4, 0.5) is 0 Å². The molecule has 0 aliphatic carbocycles. The average Bonchev–Trinajstić information content (AvgIpc) is 2.80. The Morgan fingerprint density at radius 1 is 0.577 bits per heavy atom. The second-order valence-electron chi connectivity index (χ2n) is 12.9. The topological polar surface area (TPSA) is 28.7 Å². The summed E-state index contributed by atoms with van der Waals surface area (Å²) >= 11 is 0. The molecule has 0 radical (unpaired) electrons. The summed E-state index contributed by atoms with van der Waals surface area (Å²) in [5.41, 5.74) is 1.32. The van der Waals surface area contributed by atoms with Crippen LogP contribution in [0, 0.1) is 0 Å². The Bertz CT molecular complexity index is 605. The highest BCUT2D eigenvalue weighted by Gasteiger charge is 2.49. The first-order valence-electron chi connectivity index (χ1n) is 10.2. The fourth-order valence-electron chi connectivity index (χ4n) is 2.66. The lowest BCUT2D eigenvalue weighted by Crippen LogP contribution is -2.64. The van der Waals surface area contributed by atoms with Crippen LogP contribution in [0.3, 0.4) is 0 Å². The third-order valence-electron chi connectivity index (χ3n) is 8.14. The summed E-state index contributed by atoms with van der Waals surface area (Å²) in [6.45, 7) is 36.7. The molecule has 0 aliphatic heterocycles. The van der Waals surface area contributed by atoms with Gasteiger partial charge >= 0.3 is 0 Å². The molecule has 0 aliphatic rings. The first kappa shape index (κ1) is 23.9. The number of H-pyrrole nitrogens is 1. The molecule has 0 saturated carbocycles. The van der Waals surface area contributed by atoms with Gasteiger partial charge in [0.1, 0.15) is 24.2 Å². The van der Waals surface area contributed by atoms with Gasteiger partial charge in [0.05, 0.1) is 5.45 Å². The van der Waals surface area contributed by atoms with Crippen molar-refractivity contribution < 1.29 is 0 Å². The van der Waals surface area contributed by atoms with Crippen molar-refractivity contribution in [2.75, 3.05) is 0 Å². The van der Waals surface area contributed by atoms with Crippen LogP contribution < -0.4 is 16.1 Å². The second kappa shape index (κ2) is 6.45. The smallest absolute Gasteiger partial charge is 0.131 e. The van der Waals surface area contributed by atoms with Gasteiger partial charge in [0.15, 0.2) is 0 Å². The van der Waals surface area contributed by atoms with Crippen molar-refractivity contribution in [2.45, 2.75) is 117 Å². The van der Waals surface area contributed by atoms with Crippen LogP contribution in [-0.2, 0) is 0 Å². The maximum absolute atomic E-state index is 5.47. The molecule has 0 amide bonds. The normalized spacial score (nSPS) is 15.5. The zero-order valence-corrected chi connectivity index (χ0v) is 23.4. The largest absolute Gasteiger partial charge is 0.354 e. The molecule has 1 aromatic rings. The Hall–Kier alpha value is -0.139. The molecule has 1 rings (SSSR count). The highest BCUT2D eigenvalue weighted by atomic mass is 28.3. The Balaban J connectivity index is 3.86. The van der Waals surface area contributed by atoms with E-state index in [2.05, 4.69) is 107 Å². The highest BCUT2D eigenvalue weighted by molar-refractivity contribution is 7.01. The second-order valence-corrected chi connectivity index (χ2v) is 28.6. The van der Waals surface area contributed by atoms with Gasteiger partial charge in [0, 0.05) is 10.6 Å². The van der Waals surface area contributed by atoms with Crippen LogP contribution in [0.15, 0.2) is 0 Å². The number of nitrogens with one attached hydrogen (secondary N) is 1. The molecule has 0 fully saturated rings. The Kier molecular flexibility index (Phi) is 5.92. The van der Waals surface area contributed by atoms with Crippen LogP contribution in [0.1, 0.15) is 62.3 Å². The summed E-state index contributed by atoms with van der Waals surface area (Å²) in [6.07, 6.45) is 0. The van der Waals surface area contributed by atoms with Gasteiger partial charge in [0.2, 0.25) is 0 Å². The van der Waals surface area contributed by atoms with Gasteiger partial charge in [0.25, 0.3) is 0 Å². The lowest BCUT2D eigenvalue weighted by Gasteiger charge is -2.41. The molecule has 1 N–H and O–H groups in total. The lowest BCUT2D eigenvalue weighted by atomic mass is 10.2. The number of imidazole rings is 1. The molecular weight excluding hydrogens is 365 g/mol. The zero-order chi connectivity index (χ0) is 21.1. The average molecular weight is 411 g/mol. The molecule has 2 nitrogen and oxygen atoms in total. The van der Waals surface area contributed by atoms with Gasteiger partial charge in [-0.15, -0.1) is 0 Å². The molecular formula is C21H46N2Si3. The summed E-state index contributed by atoms with van der Waals surface area (Å²) in [6, 6.07) is 0. The van der Waals surface area contributed by atoms with E-state index in [0.29, 0.717) is 15.1 Å². The Labute approximate surface area is 167 Å². The number of aromatic nitrogens is 2. The monoisotopic (exact) mass is 410 g/mol. The summed E-state index contributed by atoms with van der Waals surface area (Å²) in [5, 5.41) is 3.90. The van der Waals surface area contributed by atoms with E-state index in [4.69, 9.17) is 4.98 Å². The molecule has 0 atom stereocenters. The fraction of sp³-hybridized carbons (Fsp3) is 0.857. The third kappa shape index (κ3) is 3.86. The van der Waals surface area contributed by atoms with Crippen molar-refractivity contribution in [1.82, 2.24) is 9.97 Å². The van der Waals surface area contributed by atoms with Gasteiger partial charge in [-0.3, -0.25) is 0 Å². The van der Waals surface area contributed by atoms with E-state index in [1.807, 2.05) is 0 Å². The van der Waals surface area contributed by atoms with Crippen LogP contribution in [0.25, 0.3) is 0 Å². The van der Waals surface area contributed by atoms with Crippen LogP contribution in [-0.4, -0.2) is 34.2 Å². The number of nitrogens with zero attached hydrogens (tertiary/aromatic N) is 1. The highest BCUT2D eigenvalue weighted by Crippen LogP contribution is 2.39. The predicted octanol–water partition coefficient (Wildman–Crippen LogP) is 5.56. The Morgan fingerprint density at radius 3 is 1.23 bits per heavy atom. The minimum atomic E-state index is -1.72. The van der Waals surface area contributed by atoms with Crippen molar-refractivity contribution in [3.8, 4) is 0 Å². The van der Waals surface area contributed by atoms with Crippen LogP contribution in [0.2, 0.25) is 54.4 Å². The number of hydrogen-bond donors (Lipinski definition) is 1. The summed E-state index contributed by atoms with van der Waals surface area (Å²) in [5.74, 6) is 0. The van der Waals surface area contributed by atoms with Crippen molar-refractivity contribution in [3.05, 3.63) is 0 Å². The molecule has 0 bridgehead atoms. The van der Waals surface area contributed by atoms with Gasteiger partial charge in [-0.05, 0) is 15.1 Å². The van der Waals surface area contributed by atoms with E-state index in [9.17, 15) is 0 Å². The van der Waals surface area contributed by atoms with Gasteiger partial charge in [-0.1, -0.05) is 102 Å². The molecule has 0 saturated heterocycles. The summed E-state index contributed by atoms with van der Waals surface area (Å²) < 4.78 is 0. The van der Waals surface area contributed by atoms with Crippen molar-refractivity contribution in [1.29, 1.82) is 0 Å². The zero-order valence-electron chi connectivity index (χ0n) is 20.4. The maximum atomic E-state index is 5.47. The van der Waals surface area contributed by atoms with Gasteiger partial charge < -0.3 is 4.98 Å². The molecule has 0 unspecified atom stereocenters. The predicted molar refractivity (Wildman–Crippen MR) is 129 cm³/mol.